The molecule has 11 heavy (non-hydrogen) atoms. The number of methoxy groups -OCH3 is 1. The fraction of sp³-hybridized carbons (Fsp3) is 0.167. The van der Waals surface area contributed by atoms with Crippen LogP contribution in [-0.4, -0.2) is 12.1 Å². The van der Waals surface area contributed by atoms with Crippen molar-refractivity contribution < 1.29 is 4.74 Å². The molecule has 3 nitrogen and oxygen atoms in total. The van der Waals surface area contributed by atoms with E-state index in [4.69, 9.17) is 10.5 Å². The summed E-state index contributed by atoms with van der Waals surface area (Å²) in [5.41, 5.74) is 6.01. The summed E-state index contributed by atoms with van der Waals surface area (Å²) in [5, 5.41) is 0. The van der Waals surface area contributed by atoms with E-state index < -0.39 is 0 Å². The number of aromatic nitrogens is 1. The fourth-order valence-corrected chi connectivity index (χ4v) is 0.512. The number of halogens is 2. The van der Waals surface area contributed by atoms with Crippen molar-refractivity contribution >= 4 is 30.5 Å². The van der Waals surface area contributed by atoms with Crippen LogP contribution in [0.2, 0.25) is 0 Å². The van der Waals surface area contributed by atoms with Crippen LogP contribution in [0.1, 0.15) is 0 Å². The third-order valence-electron chi connectivity index (χ3n) is 0.968. The molecule has 0 fully saturated rings. The zero-order valence-corrected chi connectivity index (χ0v) is 7.61. The third kappa shape index (κ3) is 3.91. The molecule has 0 saturated carbocycles. The predicted molar refractivity (Wildman–Crippen MR) is 49.7 cm³/mol. The van der Waals surface area contributed by atoms with Crippen molar-refractivity contribution in [1.29, 1.82) is 0 Å². The first-order valence-corrected chi connectivity index (χ1v) is 2.58. The highest BCUT2D eigenvalue weighted by molar-refractivity contribution is 5.85. The van der Waals surface area contributed by atoms with E-state index in [1.807, 2.05) is 0 Å². The molecule has 1 aromatic heterocycles. The molecule has 0 amide bonds. The summed E-state index contributed by atoms with van der Waals surface area (Å²) in [6, 6.07) is 3.46. The summed E-state index contributed by atoms with van der Waals surface area (Å²) >= 11 is 0. The highest BCUT2D eigenvalue weighted by atomic mass is 35.5. The molecule has 0 aliphatic carbocycles. The lowest BCUT2D eigenvalue weighted by atomic mass is 10.4. The van der Waals surface area contributed by atoms with Crippen LogP contribution in [0.25, 0.3) is 0 Å². The van der Waals surface area contributed by atoms with Crippen molar-refractivity contribution in [3.05, 3.63) is 18.3 Å². The van der Waals surface area contributed by atoms with Crippen molar-refractivity contribution in [3.63, 3.8) is 0 Å². The lowest BCUT2D eigenvalue weighted by Crippen LogP contribution is -1.89. The van der Waals surface area contributed by atoms with E-state index in [1.165, 1.54) is 0 Å². The minimum atomic E-state index is 0. The number of nitrogen functional groups attached to an aromatic ring is 1. The van der Waals surface area contributed by atoms with E-state index in [-0.39, 0.29) is 24.8 Å². The molecule has 0 aliphatic rings. The molecule has 0 aromatic carbocycles. The maximum absolute atomic E-state index is 5.36. The number of hydrogen-bond donors (Lipinski definition) is 1. The lowest BCUT2D eigenvalue weighted by Gasteiger charge is -1.95. The number of rotatable bonds is 1. The van der Waals surface area contributed by atoms with E-state index in [2.05, 4.69) is 4.98 Å². The van der Waals surface area contributed by atoms with Gasteiger partial charge in [0.15, 0.2) is 0 Å². The summed E-state index contributed by atoms with van der Waals surface area (Å²) in [4.78, 5) is 3.85. The number of ether oxygens (including phenoxy) is 1. The average Bonchev–Trinajstić information content (AvgIpc) is 1.90. The summed E-state index contributed by atoms with van der Waals surface area (Å²) in [7, 11) is 1.57. The van der Waals surface area contributed by atoms with Crippen molar-refractivity contribution in [2.24, 2.45) is 0 Å². The second kappa shape index (κ2) is 6.07. The first-order valence-electron chi connectivity index (χ1n) is 2.58. The van der Waals surface area contributed by atoms with Gasteiger partial charge in [0, 0.05) is 6.07 Å². The largest absolute Gasteiger partial charge is 0.481 e. The standard InChI is InChI=1S/C6H8N2O.2ClH/c1-9-6-3-2-5(7)4-8-6;;/h2-4H,7H2,1H3;2*1H. The van der Waals surface area contributed by atoms with E-state index in [0.29, 0.717) is 11.6 Å². The minimum absolute atomic E-state index is 0. The molecule has 0 unspecified atom stereocenters. The third-order valence-corrected chi connectivity index (χ3v) is 0.968. The molecule has 1 heterocycles. The fourth-order valence-electron chi connectivity index (χ4n) is 0.512. The molecular weight excluding hydrogens is 187 g/mol. The summed E-state index contributed by atoms with van der Waals surface area (Å²) < 4.78 is 4.80. The Labute approximate surface area is 77.8 Å². The van der Waals surface area contributed by atoms with Crippen molar-refractivity contribution in [2.45, 2.75) is 0 Å². The Morgan fingerprint density at radius 1 is 1.36 bits per heavy atom. The molecule has 1 rings (SSSR count). The maximum Gasteiger partial charge on any atom is 0.213 e. The normalized spacial score (nSPS) is 7.36. The SMILES string of the molecule is COc1ccc(N)cn1.Cl.Cl. The monoisotopic (exact) mass is 196 g/mol. The van der Waals surface area contributed by atoms with Crippen molar-refractivity contribution in [3.8, 4) is 5.88 Å². The molecule has 64 valence electrons. The van der Waals surface area contributed by atoms with Gasteiger partial charge in [0.25, 0.3) is 0 Å². The Morgan fingerprint density at radius 3 is 2.36 bits per heavy atom. The number of pyridine rings is 1. The van der Waals surface area contributed by atoms with Crippen LogP contribution in [0.15, 0.2) is 18.3 Å². The van der Waals surface area contributed by atoms with Crippen LogP contribution >= 0.6 is 24.8 Å². The van der Waals surface area contributed by atoms with E-state index in [1.54, 1.807) is 25.4 Å². The molecule has 1 aromatic rings. The first-order chi connectivity index (χ1) is 4.33. The highest BCUT2D eigenvalue weighted by Crippen LogP contribution is 2.06. The zero-order valence-electron chi connectivity index (χ0n) is 5.98. The van der Waals surface area contributed by atoms with Crippen LogP contribution < -0.4 is 10.5 Å². The number of anilines is 1. The first kappa shape index (κ1) is 13.0. The Kier molecular flexibility index (Phi) is 7.15. The Balaban J connectivity index is 0. The second-order valence-corrected chi connectivity index (χ2v) is 1.63. The van der Waals surface area contributed by atoms with Crippen LogP contribution in [-0.2, 0) is 0 Å². The van der Waals surface area contributed by atoms with Gasteiger partial charge in [-0.2, -0.15) is 0 Å². The van der Waals surface area contributed by atoms with Gasteiger partial charge >= 0.3 is 0 Å². The van der Waals surface area contributed by atoms with Crippen LogP contribution in [0, 0.1) is 0 Å². The van der Waals surface area contributed by atoms with Gasteiger partial charge < -0.3 is 10.5 Å². The van der Waals surface area contributed by atoms with Gasteiger partial charge in [-0.15, -0.1) is 24.8 Å². The molecule has 0 radical (unpaired) electrons. The smallest absolute Gasteiger partial charge is 0.213 e. The van der Waals surface area contributed by atoms with E-state index in [9.17, 15) is 0 Å². The van der Waals surface area contributed by atoms with Gasteiger partial charge in [0.05, 0.1) is 19.0 Å². The summed E-state index contributed by atoms with van der Waals surface area (Å²) in [6.45, 7) is 0. The molecule has 0 spiro atoms. The summed E-state index contributed by atoms with van der Waals surface area (Å²) in [6.07, 6.45) is 1.55. The van der Waals surface area contributed by atoms with E-state index >= 15 is 0 Å². The maximum atomic E-state index is 5.36. The molecule has 5 heteroatoms. The quantitative estimate of drug-likeness (QED) is 0.742. The van der Waals surface area contributed by atoms with Gasteiger partial charge in [-0.25, -0.2) is 4.98 Å². The van der Waals surface area contributed by atoms with Gasteiger partial charge in [0.1, 0.15) is 0 Å². The van der Waals surface area contributed by atoms with Crippen LogP contribution in [0.5, 0.6) is 5.88 Å². The molecule has 0 bridgehead atoms. The highest BCUT2D eigenvalue weighted by Gasteiger charge is 1.87. The average molecular weight is 197 g/mol. The number of nitrogens with two attached hydrogens (primary N) is 1. The van der Waals surface area contributed by atoms with Crippen LogP contribution in [0.3, 0.4) is 0 Å². The van der Waals surface area contributed by atoms with Gasteiger partial charge in [-0.05, 0) is 6.07 Å². The second-order valence-electron chi connectivity index (χ2n) is 1.63. The Bertz CT molecular complexity index is 190. The molecule has 0 atom stereocenters. The Hall–Kier alpha value is -0.670. The molecule has 2 N–H and O–H groups in total. The molecule has 0 aliphatic heterocycles. The summed E-state index contributed by atoms with van der Waals surface area (Å²) in [5.74, 6) is 0.587. The Morgan fingerprint density at radius 2 is 2.00 bits per heavy atom. The van der Waals surface area contributed by atoms with E-state index in [0.717, 1.165) is 0 Å². The number of hydrogen-bond acceptors (Lipinski definition) is 3. The minimum Gasteiger partial charge on any atom is -0.481 e. The molecular formula is C6H10Cl2N2O. The van der Waals surface area contributed by atoms with Crippen molar-refractivity contribution in [1.82, 2.24) is 4.98 Å². The predicted octanol–water partition coefficient (Wildman–Crippen LogP) is 1.52. The zero-order chi connectivity index (χ0) is 6.69. The molecule has 0 saturated heterocycles. The van der Waals surface area contributed by atoms with Gasteiger partial charge in [0.2, 0.25) is 5.88 Å². The van der Waals surface area contributed by atoms with Crippen LogP contribution in [0.4, 0.5) is 5.69 Å². The van der Waals surface area contributed by atoms with Gasteiger partial charge in [-0.3, -0.25) is 0 Å². The number of nitrogens with zero attached hydrogens (tertiary/aromatic N) is 1. The van der Waals surface area contributed by atoms with Crippen molar-refractivity contribution in [2.75, 3.05) is 12.8 Å². The lowest BCUT2D eigenvalue weighted by molar-refractivity contribution is 0.398. The topological polar surface area (TPSA) is 48.1 Å². The van der Waals surface area contributed by atoms with Gasteiger partial charge in [-0.1, -0.05) is 0 Å².